The van der Waals surface area contributed by atoms with Crippen molar-refractivity contribution in [3.05, 3.63) is 94.2 Å². The van der Waals surface area contributed by atoms with E-state index in [1.54, 1.807) is 55.5 Å². The summed E-state index contributed by atoms with van der Waals surface area (Å²) in [6.07, 6.45) is 5.22. The molecule has 1 unspecified atom stereocenters. The standard InChI is InChI=1S/C31H34Cl2FN3O4S/c1-2-29(31(39)35-25-9-5-3-6-10-25)36(20-22-13-14-23(32)19-28(22)33)30(38)21-37(26-11-7-4-8-12-26)42(40,41)27-17-15-24(34)16-18-27/h4,7-8,11-19,25,29H,2-3,5-6,9-10,20-21H2,1H3,(H,35,39). The molecule has 0 bridgehead atoms. The van der Waals surface area contributed by atoms with E-state index in [0.717, 1.165) is 60.7 Å². The van der Waals surface area contributed by atoms with Gasteiger partial charge in [0.25, 0.3) is 10.0 Å². The molecular weight excluding hydrogens is 600 g/mol. The van der Waals surface area contributed by atoms with Gasteiger partial charge in [-0.05, 0) is 73.4 Å². The number of anilines is 1. The van der Waals surface area contributed by atoms with Crippen molar-refractivity contribution in [1.29, 1.82) is 0 Å². The number of hydrogen-bond acceptors (Lipinski definition) is 4. The highest BCUT2D eigenvalue weighted by Gasteiger charge is 2.34. The van der Waals surface area contributed by atoms with Crippen LogP contribution in [0.3, 0.4) is 0 Å². The van der Waals surface area contributed by atoms with Crippen LogP contribution < -0.4 is 9.62 Å². The van der Waals surface area contributed by atoms with Gasteiger partial charge in [0.15, 0.2) is 0 Å². The highest BCUT2D eigenvalue weighted by atomic mass is 35.5. The topological polar surface area (TPSA) is 86.8 Å². The smallest absolute Gasteiger partial charge is 0.264 e. The van der Waals surface area contributed by atoms with E-state index in [1.165, 1.54) is 4.90 Å². The molecule has 3 aromatic rings. The van der Waals surface area contributed by atoms with E-state index in [0.29, 0.717) is 22.0 Å². The van der Waals surface area contributed by atoms with Crippen LogP contribution in [0.4, 0.5) is 10.1 Å². The van der Waals surface area contributed by atoms with Crippen molar-refractivity contribution in [2.75, 3.05) is 10.8 Å². The Morgan fingerprint density at radius 3 is 2.26 bits per heavy atom. The minimum atomic E-state index is -4.29. The molecule has 3 aromatic carbocycles. The molecule has 2 amide bonds. The van der Waals surface area contributed by atoms with Gasteiger partial charge in [-0.15, -0.1) is 0 Å². The van der Waals surface area contributed by atoms with E-state index in [4.69, 9.17) is 23.2 Å². The molecule has 1 aliphatic carbocycles. The van der Waals surface area contributed by atoms with E-state index in [-0.39, 0.29) is 29.1 Å². The number of nitrogens with zero attached hydrogens (tertiary/aromatic N) is 2. The minimum Gasteiger partial charge on any atom is -0.352 e. The van der Waals surface area contributed by atoms with Gasteiger partial charge in [-0.25, -0.2) is 12.8 Å². The average molecular weight is 635 g/mol. The number of hydrogen-bond donors (Lipinski definition) is 1. The van der Waals surface area contributed by atoms with Crippen molar-refractivity contribution in [3.8, 4) is 0 Å². The Labute approximate surface area is 256 Å². The Bertz CT molecular complexity index is 1480. The first-order valence-electron chi connectivity index (χ1n) is 14.0. The predicted molar refractivity (Wildman–Crippen MR) is 163 cm³/mol. The van der Waals surface area contributed by atoms with Crippen molar-refractivity contribution in [1.82, 2.24) is 10.2 Å². The van der Waals surface area contributed by atoms with Gasteiger partial charge in [0.05, 0.1) is 10.6 Å². The number of nitrogens with one attached hydrogen (secondary N) is 1. The summed E-state index contributed by atoms with van der Waals surface area (Å²) in [5.74, 6) is -1.48. The monoisotopic (exact) mass is 633 g/mol. The van der Waals surface area contributed by atoms with Gasteiger partial charge < -0.3 is 10.2 Å². The van der Waals surface area contributed by atoms with E-state index in [2.05, 4.69) is 5.32 Å². The molecule has 4 rings (SSSR count). The van der Waals surface area contributed by atoms with E-state index < -0.39 is 34.3 Å². The lowest BCUT2D eigenvalue weighted by Crippen LogP contribution is -2.54. The summed E-state index contributed by atoms with van der Waals surface area (Å²) in [6, 6.07) is 16.6. The first-order chi connectivity index (χ1) is 20.1. The first kappa shape index (κ1) is 31.8. The summed E-state index contributed by atoms with van der Waals surface area (Å²) in [7, 11) is -4.29. The Morgan fingerprint density at radius 1 is 0.976 bits per heavy atom. The lowest BCUT2D eigenvalue weighted by atomic mass is 9.95. The zero-order valence-electron chi connectivity index (χ0n) is 23.3. The predicted octanol–water partition coefficient (Wildman–Crippen LogP) is 6.58. The molecule has 0 saturated heterocycles. The number of carbonyl (C=O) groups excluding carboxylic acids is 2. The molecule has 1 atom stereocenters. The van der Waals surface area contributed by atoms with Gasteiger partial charge in [-0.3, -0.25) is 13.9 Å². The molecule has 42 heavy (non-hydrogen) atoms. The fraction of sp³-hybridized carbons (Fsp3) is 0.355. The molecule has 11 heteroatoms. The average Bonchev–Trinajstić information content (AvgIpc) is 2.98. The van der Waals surface area contributed by atoms with Crippen molar-refractivity contribution in [2.24, 2.45) is 0 Å². The Balaban J connectivity index is 1.70. The summed E-state index contributed by atoms with van der Waals surface area (Å²) < 4.78 is 42.2. The van der Waals surface area contributed by atoms with Crippen molar-refractivity contribution < 1.29 is 22.4 Å². The van der Waals surface area contributed by atoms with Crippen LogP contribution in [0.5, 0.6) is 0 Å². The lowest BCUT2D eigenvalue weighted by Gasteiger charge is -2.34. The molecule has 1 saturated carbocycles. The van der Waals surface area contributed by atoms with E-state index >= 15 is 0 Å². The molecule has 1 aliphatic rings. The normalized spacial score (nSPS) is 14.7. The summed E-state index contributed by atoms with van der Waals surface area (Å²) in [5.41, 5.74) is 0.811. The van der Waals surface area contributed by atoms with Crippen LogP contribution in [0.15, 0.2) is 77.7 Å². The van der Waals surface area contributed by atoms with Gasteiger partial charge >= 0.3 is 0 Å². The number of halogens is 3. The zero-order chi connectivity index (χ0) is 30.3. The molecule has 0 spiro atoms. The molecule has 0 radical (unpaired) electrons. The summed E-state index contributed by atoms with van der Waals surface area (Å²) in [6.45, 7) is 1.17. The Kier molecular flexibility index (Phi) is 10.9. The minimum absolute atomic E-state index is 0.0241. The van der Waals surface area contributed by atoms with Crippen molar-refractivity contribution in [3.63, 3.8) is 0 Å². The summed E-state index contributed by atoms with van der Waals surface area (Å²) >= 11 is 12.6. The van der Waals surface area contributed by atoms with Gasteiger partial charge in [0.2, 0.25) is 11.8 Å². The third-order valence-corrected chi connectivity index (χ3v) is 9.79. The van der Waals surface area contributed by atoms with E-state index in [9.17, 15) is 22.4 Å². The third-order valence-electron chi connectivity index (χ3n) is 7.42. The van der Waals surface area contributed by atoms with Crippen LogP contribution in [-0.2, 0) is 26.2 Å². The number of benzene rings is 3. The fourth-order valence-corrected chi connectivity index (χ4v) is 7.04. The fourth-order valence-electron chi connectivity index (χ4n) is 5.15. The van der Waals surface area contributed by atoms with Crippen LogP contribution in [0, 0.1) is 5.82 Å². The molecular formula is C31H34Cl2FN3O4S. The second kappa shape index (κ2) is 14.4. The van der Waals surface area contributed by atoms with Crippen molar-refractivity contribution >= 4 is 50.7 Å². The van der Waals surface area contributed by atoms with Gasteiger partial charge in [0, 0.05) is 22.6 Å². The number of para-hydroxylation sites is 1. The zero-order valence-corrected chi connectivity index (χ0v) is 25.6. The van der Waals surface area contributed by atoms with Crippen LogP contribution >= 0.6 is 23.2 Å². The Morgan fingerprint density at radius 2 is 1.64 bits per heavy atom. The van der Waals surface area contributed by atoms with Crippen LogP contribution in [0.1, 0.15) is 51.0 Å². The molecule has 1 fully saturated rings. The van der Waals surface area contributed by atoms with E-state index in [1.807, 2.05) is 0 Å². The molecule has 224 valence electrons. The van der Waals surface area contributed by atoms with Gasteiger partial charge in [-0.1, -0.05) is 73.7 Å². The largest absolute Gasteiger partial charge is 0.352 e. The quantitative estimate of drug-likeness (QED) is 0.258. The Hall–Kier alpha value is -3.14. The second-order valence-electron chi connectivity index (χ2n) is 10.3. The number of sulfonamides is 1. The van der Waals surface area contributed by atoms with Gasteiger partial charge in [-0.2, -0.15) is 0 Å². The summed E-state index contributed by atoms with van der Waals surface area (Å²) in [5, 5.41) is 3.85. The van der Waals surface area contributed by atoms with Crippen LogP contribution in [0.2, 0.25) is 10.0 Å². The molecule has 0 aromatic heterocycles. The SMILES string of the molecule is CCC(C(=O)NC1CCCCC1)N(Cc1ccc(Cl)cc1Cl)C(=O)CN(c1ccccc1)S(=O)(=O)c1ccc(F)cc1. The first-order valence-corrected chi connectivity index (χ1v) is 16.2. The molecule has 0 heterocycles. The lowest BCUT2D eigenvalue weighted by molar-refractivity contribution is -0.140. The molecule has 1 N–H and O–H groups in total. The maximum Gasteiger partial charge on any atom is 0.264 e. The third kappa shape index (κ3) is 7.82. The maximum absolute atomic E-state index is 14.1. The highest BCUT2D eigenvalue weighted by Crippen LogP contribution is 2.27. The maximum atomic E-state index is 14.1. The summed E-state index contributed by atoms with van der Waals surface area (Å²) in [4.78, 5) is 29.0. The number of carbonyl (C=O) groups is 2. The number of rotatable bonds is 11. The van der Waals surface area contributed by atoms with Crippen molar-refractivity contribution in [2.45, 2.75) is 69.0 Å². The number of amides is 2. The highest BCUT2D eigenvalue weighted by molar-refractivity contribution is 7.92. The molecule has 7 nitrogen and oxygen atoms in total. The second-order valence-corrected chi connectivity index (χ2v) is 13.0. The van der Waals surface area contributed by atoms with Crippen LogP contribution in [-0.4, -0.2) is 43.8 Å². The molecule has 0 aliphatic heterocycles. The van der Waals surface area contributed by atoms with Gasteiger partial charge in [0.1, 0.15) is 18.4 Å². The van der Waals surface area contributed by atoms with Crippen LogP contribution in [0.25, 0.3) is 0 Å².